The Labute approximate surface area is 152 Å². The third kappa shape index (κ3) is 3.05. The maximum Gasteiger partial charge on any atom is 0.123 e. The summed E-state index contributed by atoms with van der Waals surface area (Å²) in [6.07, 6.45) is 13.2. The van der Waals surface area contributed by atoms with Crippen molar-refractivity contribution in [1.29, 1.82) is 0 Å². The molecule has 0 radical (unpaired) electrons. The number of aryl methyl sites for hydroxylation is 1. The highest BCUT2D eigenvalue weighted by molar-refractivity contribution is 5.54. The molecule has 0 bridgehead atoms. The van der Waals surface area contributed by atoms with Gasteiger partial charge in [-0.15, -0.1) is 0 Å². The molecular weight excluding hydrogens is 308 g/mol. The van der Waals surface area contributed by atoms with Crippen LogP contribution in [0.2, 0.25) is 0 Å². The van der Waals surface area contributed by atoms with Crippen molar-refractivity contribution in [2.75, 3.05) is 31.1 Å². The van der Waals surface area contributed by atoms with Crippen LogP contribution in [0, 0.1) is 0 Å². The second-order valence-corrected chi connectivity index (χ2v) is 8.75. The number of rotatable bonds is 2. The van der Waals surface area contributed by atoms with E-state index in [1.165, 1.54) is 107 Å². The molecule has 3 heterocycles. The van der Waals surface area contributed by atoms with Crippen molar-refractivity contribution < 1.29 is 4.74 Å². The highest BCUT2D eigenvalue weighted by atomic mass is 16.5. The SMILES string of the molecule is c1cc2c(cc1N1CCCCC1)CCC1(CCN(C3CCC3)CC1)O2. The van der Waals surface area contributed by atoms with Gasteiger partial charge in [0.05, 0.1) is 0 Å². The molecule has 0 amide bonds. The van der Waals surface area contributed by atoms with Crippen LogP contribution in [0.1, 0.15) is 63.4 Å². The van der Waals surface area contributed by atoms with Crippen LogP contribution in [0.15, 0.2) is 18.2 Å². The van der Waals surface area contributed by atoms with Gasteiger partial charge in [0.1, 0.15) is 11.4 Å². The summed E-state index contributed by atoms with van der Waals surface area (Å²) in [6.45, 7) is 4.93. The van der Waals surface area contributed by atoms with Gasteiger partial charge in [-0.3, -0.25) is 0 Å². The van der Waals surface area contributed by atoms with Crippen LogP contribution in [-0.4, -0.2) is 42.7 Å². The number of nitrogens with zero attached hydrogens (tertiary/aromatic N) is 2. The highest BCUT2D eigenvalue weighted by Crippen LogP contribution is 2.42. The highest BCUT2D eigenvalue weighted by Gasteiger charge is 2.41. The number of benzene rings is 1. The van der Waals surface area contributed by atoms with E-state index in [9.17, 15) is 0 Å². The second-order valence-electron chi connectivity index (χ2n) is 8.75. The second kappa shape index (κ2) is 6.50. The van der Waals surface area contributed by atoms with Crippen molar-refractivity contribution in [2.24, 2.45) is 0 Å². The van der Waals surface area contributed by atoms with Crippen molar-refractivity contribution in [3.8, 4) is 5.75 Å². The van der Waals surface area contributed by atoms with Gasteiger partial charge in [0.2, 0.25) is 0 Å². The van der Waals surface area contributed by atoms with E-state index in [0.717, 1.165) is 6.04 Å². The Morgan fingerprint density at radius 3 is 2.40 bits per heavy atom. The minimum Gasteiger partial charge on any atom is -0.487 e. The van der Waals surface area contributed by atoms with Crippen LogP contribution in [0.25, 0.3) is 0 Å². The summed E-state index contributed by atoms with van der Waals surface area (Å²) in [4.78, 5) is 5.29. The number of anilines is 1. The Hall–Kier alpha value is -1.22. The third-order valence-electron chi connectivity index (χ3n) is 7.24. The van der Waals surface area contributed by atoms with Crippen molar-refractivity contribution in [3.05, 3.63) is 23.8 Å². The van der Waals surface area contributed by atoms with Gasteiger partial charge in [0, 0.05) is 37.9 Å². The van der Waals surface area contributed by atoms with Crippen molar-refractivity contribution in [2.45, 2.75) is 75.9 Å². The van der Waals surface area contributed by atoms with Crippen LogP contribution in [-0.2, 0) is 6.42 Å². The Bertz CT molecular complexity index is 610. The zero-order valence-corrected chi connectivity index (χ0v) is 15.5. The molecule has 1 spiro atoms. The number of piperidine rings is 2. The lowest BCUT2D eigenvalue weighted by Crippen LogP contribution is -2.53. The quantitative estimate of drug-likeness (QED) is 0.794. The van der Waals surface area contributed by atoms with Gasteiger partial charge < -0.3 is 14.5 Å². The molecule has 1 saturated carbocycles. The number of hydrogen-bond donors (Lipinski definition) is 0. The van der Waals surface area contributed by atoms with E-state index in [-0.39, 0.29) is 5.60 Å². The van der Waals surface area contributed by atoms with E-state index in [4.69, 9.17) is 4.74 Å². The molecular formula is C22H32N2O. The fourth-order valence-electron chi connectivity index (χ4n) is 5.26. The summed E-state index contributed by atoms with van der Waals surface area (Å²) in [5.74, 6) is 1.17. The molecule has 0 atom stereocenters. The minimum atomic E-state index is 0.125. The normalized spacial score (nSPS) is 26.8. The number of likely N-dealkylation sites (tertiary alicyclic amines) is 1. The predicted octanol–water partition coefficient (Wildman–Crippen LogP) is 4.39. The molecule has 1 aliphatic carbocycles. The summed E-state index contributed by atoms with van der Waals surface area (Å²) in [6, 6.07) is 7.86. The molecule has 3 heteroatoms. The van der Waals surface area contributed by atoms with E-state index < -0.39 is 0 Å². The minimum absolute atomic E-state index is 0.125. The summed E-state index contributed by atoms with van der Waals surface area (Å²) in [7, 11) is 0. The van der Waals surface area contributed by atoms with Crippen molar-refractivity contribution in [3.63, 3.8) is 0 Å². The average molecular weight is 341 g/mol. The molecule has 0 N–H and O–H groups in total. The lowest BCUT2D eigenvalue weighted by Gasteiger charge is -2.48. The van der Waals surface area contributed by atoms with Crippen LogP contribution in [0.5, 0.6) is 5.75 Å². The predicted molar refractivity (Wildman–Crippen MR) is 103 cm³/mol. The van der Waals surface area contributed by atoms with Crippen molar-refractivity contribution >= 4 is 5.69 Å². The van der Waals surface area contributed by atoms with Crippen LogP contribution >= 0.6 is 0 Å². The van der Waals surface area contributed by atoms with Gasteiger partial charge in [-0.05, 0) is 81.5 Å². The largest absolute Gasteiger partial charge is 0.487 e. The van der Waals surface area contributed by atoms with E-state index in [1.54, 1.807) is 0 Å². The molecule has 3 aliphatic heterocycles. The zero-order valence-electron chi connectivity index (χ0n) is 15.5. The standard InChI is InChI=1S/C22H32N2O/c1-2-13-23(14-3-1)20-7-8-21-18(17-20)9-10-22(25-21)11-15-24(16-12-22)19-5-4-6-19/h7-8,17,19H,1-6,9-16H2. The van der Waals surface area contributed by atoms with E-state index >= 15 is 0 Å². The van der Waals surface area contributed by atoms with Gasteiger partial charge in [-0.25, -0.2) is 0 Å². The summed E-state index contributed by atoms with van der Waals surface area (Å²) in [5, 5.41) is 0. The molecule has 3 nitrogen and oxygen atoms in total. The summed E-state index contributed by atoms with van der Waals surface area (Å²) >= 11 is 0. The molecule has 1 aromatic carbocycles. The summed E-state index contributed by atoms with van der Waals surface area (Å²) in [5.41, 5.74) is 2.98. The Morgan fingerprint density at radius 2 is 1.68 bits per heavy atom. The Morgan fingerprint density at radius 1 is 0.880 bits per heavy atom. The van der Waals surface area contributed by atoms with Gasteiger partial charge >= 0.3 is 0 Å². The van der Waals surface area contributed by atoms with E-state index in [1.807, 2.05) is 0 Å². The maximum absolute atomic E-state index is 6.64. The van der Waals surface area contributed by atoms with Crippen LogP contribution in [0.4, 0.5) is 5.69 Å². The monoisotopic (exact) mass is 340 g/mol. The van der Waals surface area contributed by atoms with Crippen LogP contribution < -0.4 is 9.64 Å². The first-order valence-corrected chi connectivity index (χ1v) is 10.6. The van der Waals surface area contributed by atoms with Crippen LogP contribution in [0.3, 0.4) is 0 Å². The zero-order chi connectivity index (χ0) is 16.7. The van der Waals surface area contributed by atoms with Crippen molar-refractivity contribution in [1.82, 2.24) is 4.90 Å². The smallest absolute Gasteiger partial charge is 0.123 e. The molecule has 1 aromatic rings. The van der Waals surface area contributed by atoms with Gasteiger partial charge in [0.15, 0.2) is 0 Å². The molecule has 2 saturated heterocycles. The topological polar surface area (TPSA) is 15.7 Å². The Kier molecular flexibility index (Phi) is 4.16. The first-order chi connectivity index (χ1) is 12.3. The molecule has 3 fully saturated rings. The fourth-order valence-corrected chi connectivity index (χ4v) is 5.26. The van der Waals surface area contributed by atoms with E-state index in [2.05, 4.69) is 28.0 Å². The lowest BCUT2D eigenvalue weighted by molar-refractivity contribution is -0.0336. The maximum atomic E-state index is 6.64. The number of ether oxygens (including phenoxy) is 1. The van der Waals surface area contributed by atoms with E-state index in [0.29, 0.717) is 0 Å². The molecule has 136 valence electrons. The molecule has 0 aromatic heterocycles. The molecule has 0 unspecified atom stereocenters. The first-order valence-electron chi connectivity index (χ1n) is 10.6. The fraction of sp³-hybridized carbons (Fsp3) is 0.727. The average Bonchev–Trinajstić information content (AvgIpc) is 2.63. The van der Waals surface area contributed by atoms with Gasteiger partial charge in [-0.1, -0.05) is 6.42 Å². The van der Waals surface area contributed by atoms with Gasteiger partial charge in [0.25, 0.3) is 0 Å². The number of fused-ring (bicyclic) bond motifs is 1. The lowest BCUT2D eigenvalue weighted by atomic mass is 9.81. The molecule has 5 rings (SSSR count). The molecule has 4 aliphatic rings. The Balaban J connectivity index is 1.27. The summed E-state index contributed by atoms with van der Waals surface area (Å²) < 4.78 is 6.64. The number of hydrogen-bond acceptors (Lipinski definition) is 3. The first kappa shape index (κ1) is 16.0. The van der Waals surface area contributed by atoms with Gasteiger partial charge in [-0.2, -0.15) is 0 Å². The molecule has 25 heavy (non-hydrogen) atoms. The third-order valence-corrected chi connectivity index (χ3v) is 7.24.